The number of nitrogens with one attached hydrogen (secondary N) is 1. The van der Waals surface area contributed by atoms with Crippen LogP contribution in [0.25, 0.3) is 21.8 Å². The zero-order chi connectivity index (χ0) is 41.8. The molecule has 2 aromatic heterocycles. The van der Waals surface area contributed by atoms with Crippen molar-refractivity contribution in [1.29, 1.82) is 0 Å². The van der Waals surface area contributed by atoms with Gasteiger partial charge in [-0.15, -0.1) is 0 Å². The van der Waals surface area contributed by atoms with Crippen molar-refractivity contribution in [3.8, 4) is 0 Å². The number of hydrogen-bond donors (Lipinski definition) is 1. The second kappa shape index (κ2) is 29.2. The van der Waals surface area contributed by atoms with Crippen LogP contribution in [0.5, 0.6) is 0 Å². The molecule has 17 heteroatoms. The van der Waals surface area contributed by atoms with Gasteiger partial charge in [-0.3, -0.25) is 9.18 Å². The number of rotatable bonds is 10. The van der Waals surface area contributed by atoms with Gasteiger partial charge in [0, 0.05) is 41.9 Å². The number of hydrogen-bond acceptors (Lipinski definition) is 9. The Hall–Kier alpha value is -0.0735. The summed E-state index contributed by atoms with van der Waals surface area (Å²) < 4.78 is 39.1. The van der Waals surface area contributed by atoms with E-state index in [9.17, 15) is 14.0 Å². The minimum absolute atomic E-state index is 0. The topological polar surface area (TPSA) is 141 Å². The van der Waals surface area contributed by atoms with E-state index in [4.69, 9.17) is 25.0 Å². The predicted molar refractivity (Wildman–Crippen MR) is 218 cm³/mol. The zero-order valence-corrected chi connectivity index (χ0v) is 45.1. The van der Waals surface area contributed by atoms with Crippen molar-refractivity contribution in [3.63, 3.8) is 0 Å². The molecule has 0 saturated carbocycles. The maximum Gasteiger partial charge on any atom is 1.00 e. The summed E-state index contributed by atoms with van der Waals surface area (Å²) in [6.45, 7) is 24.7. The number of fused-ring (bicyclic) bond motifs is 2. The Morgan fingerprint density at radius 2 is 1.33 bits per heavy atom. The van der Waals surface area contributed by atoms with Crippen LogP contribution in [-0.2, 0) is 34.6 Å². The van der Waals surface area contributed by atoms with Crippen LogP contribution < -0.4 is 108 Å². The van der Waals surface area contributed by atoms with Crippen LogP contribution in [-0.4, -0.2) is 84.5 Å². The van der Waals surface area contributed by atoms with Crippen molar-refractivity contribution in [3.05, 3.63) is 72.1 Å². The monoisotopic (exact) mass is 921 g/mol. The number of esters is 2. The Bertz CT molecular complexity index is 1720. The maximum atomic E-state index is 11.7. The SMILES string of the molecule is CC(C)(C)[Si](C)(C)OCCBr.COC(=O)c1ccc2cc[nH]c2c1.COC(=O)c1ccc2ccn(CCO[Si](C)(C)C(C)(C)C)c2c1.O=CO[O-].[2H]CF.[H-].[K+].[K+]. The summed E-state index contributed by atoms with van der Waals surface area (Å²) >= 11 is 3.37. The van der Waals surface area contributed by atoms with Crippen LogP contribution in [0.3, 0.4) is 0 Å². The molecule has 0 unspecified atom stereocenters. The van der Waals surface area contributed by atoms with Crippen LogP contribution >= 0.6 is 15.9 Å². The van der Waals surface area contributed by atoms with E-state index in [1.54, 1.807) is 18.2 Å². The largest absolute Gasteiger partial charge is 1.00 e. The van der Waals surface area contributed by atoms with Gasteiger partial charge in [-0.2, -0.15) is 0 Å². The van der Waals surface area contributed by atoms with Crippen LogP contribution in [0.1, 0.15) is 65.1 Å². The number of H-pyrrole nitrogens is 1. The Morgan fingerprint density at radius 1 is 0.873 bits per heavy atom. The molecule has 300 valence electrons. The molecule has 0 radical (unpaired) electrons. The standard InChI is InChI=1S/C18H27NO3Si.C10H9NO2.C8H19BrOSi.CH3F.CH2O3.2K.H/c1-18(2,3)23(5,6)22-12-11-19-10-9-14-7-8-15(13-16(14)19)17(20)21-4;1-13-10(12)8-3-2-7-4-5-11-9(7)6-8;1-8(2,3)11(4,5)10-7-6-9;1-2;2-1-4-3;;;/h7-10,13H,11-12H2,1-6H3;2-6,11H,1H3;6-7H2,1-5H3;1H3;1,3H;;;/q;;;;;2*+1;-1/p-1/i;;;1D;;;;. The molecule has 0 amide bonds. The Morgan fingerprint density at radius 3 is 1.76 bits per heavy atom. The second-order valence-electron chi connectivity index (χ2n) is 14.6. The Kier molecular flexibility index (Phi) is 30.3. The minimum Gasteiger partial charge on any atom is -1.00 e. The fraction of sp³-hybridized carbons (Fsp3) is 0.500. The molecular weight excluding hydrogens is 862 g/mol. The molecule has 55 heavy (non-hydrogen) atoms. The van der Waals surface area contributed by atoms with Crippen molar-refractivity contribution in [1.82, 2.24) is 9.55 Å². The number of alkyl halides is 2. The van der Waals surface area contributed by atoms with Gasteiger partial charge in [-0.1, -0.05) is 69.6 Å². The number of carbonyl (C=O) groups is 3. The normalized spacial score (nSPS) is 11.1. The van der Waals surface area contributed by atoms with Crippen molar-refractivity contribution in [2.24, 2.45) is 0 Å². The van der Waals surface area contributed by atoms with Gasteiger partial charge in [0.2, 0.25) is 0 Å². The van der Waals surface area contributed by atoms with Crippen LogP contribution in [0, 0.1) is 0 Å². The van der Waals surface area contributed by atoms with Crippen molar-refractivity contribution in [2.45, 2.75) is 84.4 Å². The summed E-state index contributed by atoms with van der Waals surface area (Å²) in [7, 11) is -1.41. The van der Waals surface area contributed by atoms with E-state index in [1.807, 2.05) is 36.7 Å². The molecule has 0 aliphatic heterocycles. The number of benzene rings is 2. The molecule has 11 nitrogen and oxygen atoms in total. The van der Waals surface area contributed by atoms with Crippen LogP contribution in [0.2, 0.25) is 36.3 Å². The average molecular weight is 923 g/mol. The molecule has 0 atom stereocenters. The van der Waals surface area contributed by atoms with E-state index < -0.39 is 23.8 Å². The molecule has 0 bridgehead atoms. The predicted octanol–water partition coefficient (Wildman–Crippen LogP) is 2.95. The third-order valence-electron chi connectivity index (χ3n) is 9.16. The third-order valence-corrected chi connectivity index (χ3v) is 18.6. The van der Waals surface area contributed by atoms with Gasteiger partial charge in [0.15, 0.2) is 16.6 Å². The van der Waals surface area contributed by atoms with Crippen molar-refractivity contribution < 1.29 is 153 Å². The van der Waals surface area contributed by atoms with E-state index in [-0.39, 0.29) is 128 Å². The fourth-order valence-electron chi connectivity index (χ4n) is 4.04. The summed E-state index contributed by atoms with van der Waals surface area (Å²) in [5.41, 5.74) is 3.12. The van der Waals surface area contributed by atoms with E-state index in [0.717, 1.165) is 40.3 Å². The summed E-state index contributed by atoms with van der Waals surface area (Å²) in [5, 5.41) is 12.1. The molecule has 4 aromatic rings. The summed E-state index contributed by atoms with van der Waals surface area (Å²) in [4.78, 5) is 37.1. The van der Waals surface area contributed by atoms with Gasteiger partial charge in [-0.05, 0) is 83.4 Å². The van der Waals surface area contributed by atoms with Gasteiger partial charge in [-0.25, -0.2) is 9.59 Å². The third kappa shape index (κ3) is 20.6. The van der Waals surface area contributed by atoms with Crippen molar-refractivity contribution >= 4 is 72.8 Å². The average Bonchev–Trinajstić information content (AvgIpc) is 3.76. The van der Waals surface area contributed by atoms with Gasteiger partial charge in [0.1, 0.15) is 0 Å². The smallest absolute Gasteiger partial charge is 1.00 e. The maximum absolute atomic E-state index is 11.7. The number of aromatic nitrogens is 2. The molecule has 0 fully saturated rings. The number of halogens is 2. The minimum atomic E-state index is -1.73. The van der Waals surface area contributed by atoms with Gasteiger partial charge >= 0.3 is 115 Å². The quantitative estimate of drug-likeness (QED) is 0.0636. The second-order valence-corrected chi connectivity index (χ2v) is 25.1. The molecular formula is C38H60BrFK2N2O9Si2. The van der Waals surface area contributed by atoms with E-state index in [1.165, 1.54) is 14.2 Å². The van der Waals surface area contributed by atoms with Gasteiger partial charge < -0.3 is 39.4 Å². The first kappa shape index (κ1) is 57.0. The number of nitrogens with zero attached hydrogens (tertiary/aromatic N) is 1. The first-order chi connectivity index (χ1) is 25.1. The number of methoxy groups -OCH3 is 2. The van der Waals surface area contributed by atoms with Crippen molar-refractivity contribution in [2.75, 3.05) is 39.9 Å². The van der Waals surface area contributed by atoms with Crippen LogP contribution in [0.15, 0.2) is 60.9 Å². The first-order valence-corrected chi connectivity index (χ1v) is 23.8. The summed E-state index contributed by atoms with van der Waals surface area (Å²) in [6.07, 6.45) is 3.88. The van der Waals surface area contributed by atoms with E-state index >= 15 is 0 Å². The molecule has 2 heterocycles. The molecule has 0 saturated heterocycles. The van der Waals surface area contributed by atoms with Gasteiger partial charge in [0.05, 0.1) is 40.5 Å². The molecule has 0 aliphatic carbocycles. The molecule has 0 aliphatic rings. The summed E-state index contributed by atoms with van der Waals surface area (Å²) in [6, 6.07) is 15.1. The Labute approximate surface area is 425 Å². The van der Waals surface area contributed by atoms with E-state index in [2.05, 4.69) is 109 Å². The summed E-state index contributed by atoms with van der Waals surface area (Å²) in [5.74, 6) is -0.617. The van der Waals surface area contributed by atoms with E-state index in [0.29, 0.717) is 22.8 Å². The zero-order valence-electron chi connectivity index (χ0n) is 37.3. The first-order valence-electron chi connectivity index (χ1n) is 17.6. The Balaban J connectivity index is -0.000000354. The number of aromatic amines is 1. The molecule has 0 spiro atoms. The number of ether oxygens (including phenoxy) is 2. The molecule has 2 aromatic carbocycles. The molecule has 4 rings (SSSR count). The van der Waals surface area contributed by atoms with Crippen LogP contribution in [0.4, 0.5) is 4.39 Å². The van der Waals surface area contributed by atoms with Gasteiger partial charge in [0.25, 0.3) is 6.47 Å². The fourth-order valence-corrected chi connectivity index (χ4v) is 6.58. The number of carbonyl (C=O) groups excluding carboxylic acids is 3. The molecule has 1 N–H and O–H groups in total.